The van der Waals surface area contributed by atoms with E-state index in [2.05, 4.69) is 22.2 Å². The van der Waals surface area contributed by atoms with Crippen LogP contribution in [0.5, 0.6) is 0 Å². The highest BCUT2D eigenvalue weighted by molar-refractivity contribution is 6.30. The zero-order valence-electron chi connectivity index (χ0n) is 9.18. The topological polar surface area (TPSA) is 37.8 Å². The molecule has 2 rings (SSSR count). The van der Waals surface area contributed by atoms with E-state index in [4.69, 9.17) is 11.6 Å². The van der Waals surface area contributed by atoms with Crippen LogP contribution in [-0.4, -0.2) is 16.5 Å². The average Bonchev–Trinajstić information content (AvgIpc) is 2.97. The lowest BCUT2D eigenvalue weighted by Crippen LogP contribution is -2.09. The fourth-order valence-electron chi connectivity index (χ4n) is 1.58. The van der Waals surface area contributed by atoms with Gasteiger partial charge in [0, 0.05) is 12.1 Å². The second-order valence-electron chi connectivity index (χ2n) is 4.07. The van der Waals surface area contributed by atoms with Crippen molar-refractivity contribution < 1.29 is 0 Å². The van der Waals surface area contributed by atoms with Crippen LogP contribution in [0.2, 0.25) is 5.15 Å². The van der Waals surface area contributed by atoms with Gasteiger partial charge in [0.15, 0.2) is 0 Å². The van der Waals surface area contributed by atoms with Gasteiger partial charge in [-0.25, -0.2) is 9.97 Å². The molecule has 1 heterocycles. The highest BCUT2D eigenvalue weighted by Crippen LogP contribution is 2.30. The van der Waals surface area contributed by atoms with Crippen LogP contribution in [0.15, 0.2) is 0 Å². The number of rotatable bonds is 4. The Morgan fingerprint density at radius 3 is 2.73 bits per heavy atom. The summed E-state index contributed by atoms with van der Waals surface area (Å²) in [6.07, 6.45) is 3.55. The molecule has 1 saturated carbocycles. The van der Waals surface area contributed by atoms with Crippen molar-refractivity contribution in [1.29, 1.82) is 0 Å². The van der Waals surface area contributed by atoms with E-state index in [1.807, 2.05) is 6.92 Å². The van der Waals surface area contributed by atoms with E-state index in [1.54, 1.807) is 0 Å². The Morgan fingerprint density at radius 2 is 2.13 bits per heavy atom. The number of aromatic nitrogens is 2. The summed E-state index contributed by atoms with van der Waals surface area (Å²) in [5.74, 6) is 2.49. The molecule has 0 aliphatic heterocycles. The third kappa shape index (κ3) is 2.59. The summed E-state index contributed by atoms with van der Waals surface area (Å²) in [7, 11) is 0. The first-order valence-corrected chi connectivity index (χ1v) is 5.85. The molecule has 0 aromatic carbocycles. The highest BCUT2D eigenvalue weighted by atomic mass is 35.5. The van der Waals surface area contributed by atoms with Crippen LogP contribution in [0.4, 0.5) is 5.82 Å². The number of nitrogens with one attached hydrogen (secondary N) is 1. The lowest BCUT2D eigenvalue weighted by atomic mass is 10.2. The molecular formula is C11H16ClN3. The molecule has 0 spiro atoms. The van der Waals surface area contributed by atoms with E-state index in [1.165, 1.54) is 12.8 Å². The lowest BCUT2D eigenvalue weighted by molar-refractivity contribution is 0.869. The van der Waals surface area contributed by atoms with E-state index in [0.29, 0.717) is 5.15 Å². The molecule has 0 bridgehead atoms. The monoisotopic (exact) mass is 225 g/mol. The number of halogens is 1. The van der Waals surface area contributed by atoms with Crippen molar-refractivity contribution in [2.45, 2.75) is 33.1 Å². The van der Waals surface area contributed by atoms with Crippen LogP contribution in [-0.2, 0) is 6.42 Å². The second-order valence-corrected chi connectivity index (χ2v) is 4.42. The number of hydrogen-bond acceptors (Lipinski definition) is 3. The molecule has 4 heteroatoms. The van der Waals surface area contributed by atoms with Crippen LogP contribution in [0.1, 0.15) is 31.2 Å². The van der Waals surface area contributed by atoms with Crippen molar-refractivity contribution >= 4 is 17.4 Å². The van der Waals surface area contributed by atoms with Gasteiger partial charge in [0.05, 0.1) is 0 Å². The molecule has 0 amide bonds. The van der Waals surface area contributed by atoms with Gasteiger partial charge in [0.25, 0.3) is 0 Å². The van der Waals surface area contributed by atoms with Gasteiger partial charge in [-0.05, 0) is 32.1 Å². The first kappa shape index (κ1) is 10.7. The SMILES string of the molecule is CCc1c(Cl)nc(C)nc1NCC1CC1. The normalized spacial score (nSPS) is 15.4. The number of nitrogens with zero attached hydrogens (tertiary/aromatic N) is 2. The van der Waals surface area contributed by atoms with Crippen molar-refractivity contribution in [1.82, 2.24) is 9.97 Å². The minimum absolute atomic E-state index is 0.586. The summed E-state index contributed by atoms with van der Waals surface area (Å²) < 4.78 is 0. The molecule has 1 aromatic rings. The fourth-order valence-corrected chi connectivity index (χ4v) is 1.93. The minimum atomic E-state index is 0.586. The minimum Gasteiger partial charge on any atom is -0.369 e. The number of hydrogen-bond donors (Lipinski definition) is 1. The van der Waals surface area contributed by atoms with E-state index in [-0.39, 0.29) is 0 Å². The summed E-state index contributed by atoms with van der Waals surface area (Å²) in [6.45, 7) is 4.95. The van der Waals surface area contributed by atoms with Crippen LogP contribution < -0.4 is 5.32 Å². The number of aryl methyl sites for hydroxylation is 1. The average molecular weight is 226 g/mol. The van der Waals surface area contributed by atoms with Gasteiger partial charge in [-0.15, -0.1) is 0 Å². The highest BCUT2D eigenvalue weighted by Gasteiger charge is 2.21. The third-order valence-corrected chi connectivity index (χ3v) is 2.99. The molecule has 82 valence electrons. The molecule has 0 saturated heterocycles. The Hall–Kier alpha value is -0.830. The fraction of sp³-hybridized carbons (Fsp3) is 0.636. The molecule has 0 unspecified atom stereocenters. The predicted octanol–water partition coefficient (Wildman–Crippen LogP) is 2.82. The summed E-state index contributed by atoms with van der Waals surface area (Å²) in [5, 5.41) is 3.96. The van der Waals surface area contributed by atoms with E-state index in [0.717, 1.165) is 36.1 Å². The zero-order valence-corrected chi connectivity index (χ0v) is 9.93. The maximum Gasteiger partial charge on any atom is 0.138 e. The van der Waals surface area contributed by atoms with Crippen molar-refractivity contribution in [3.8, 4) is 0 Å². The lowest BCUT2D eigenvalue weighted by Gasteiger charge is -2.11. The quantitative estimate of drug-likeness (QED) is 0.801. The van der Waals surface area contributed by atoms with E-state index < -0.39 is 0 Å². The van der Waals surface area contributed by atoms with Crippen LogP contribution >= 0.6 is 11.6 Å². The third-order valence-electron chi connectivity index (χ3n) is 2.68. The molecular weight excluding hydrogens is 210 g/mol. The van der Waals surface area contributed by atoms with Crippen LogP contribution in [0, 0.1) is 12.8 Å². The summed E-state index contributed by atoms with van der Waals surface area (Å²) in [5.41, 5.74) is 1.03. The van der Waals surface area contributed by atoms with Gasteiger partial charge >= 0.3 is 0 Å². The standard InChI is InChI=1S/C11H16ClN3/c1-3-9-10(12)14-7(2)15-11(9)13-6-8-4-5-8/h8H,3-6H2,1-2H3,(H,13,14,15). The Balaban J connectivity index is 2.17. The summed E-state index contributed by atoms with van der Waals surface area (Å²) in [6, 6.07) is 0. The van der Waals surface area contributed by atoms with Gasteiger partial charge in [-0.1, -0.05) is 18.5 Å². The molecule has 3 nitrogen and oxygen atoms in total. The molecule has 0 radical (unpaired) electrons. The van der Waals surface area contributed by atoms with Gasteiger partial charge in [-0.3, -0.25) is 0 Å². The zero-order chi connectivity index (χ0) is 10.8. The van der Waals surface area contributed by atoms with E-state index >= 15 is 0 Å². The first-order valence-electron chi connectivity index (χ1n) is 5.47. The largest absolute Gasteiger partial charge is 0.369 e. The Labute approximate surface area is 95.3 Å². The van der Waals surface area contributed by atoms with Crippen LogP contribution in [0.3, 0.4) is 0 Å². The summed E-state index contributed by atoms with van der Waals surface area (Å²) >= 11 is 6.07. The molecule has 1 aromatic heterocycles. The van der Waals surface area contributed by atoms with Gasteiger partial charge in [-0.2, -0.15) is 0 Å². The molecule has 1 aliphatic carbocycles. The van der Waals surface area contributed by atoms with E-state index in [9.17, 15) is 0 Å². The second kappa shape index (κ2) is 4.35. The Morgan fingerprint density at radius 1 is 1.40 bits per heavy atom. The maximum atomic E-state index is 6.07. The molecule has 1 N–H and O–H groups in total. The van der Waals surface area contributed by atoms with Gasteiger partial charge in [0.1, 0.15) is 16.8 Å². The predicted molar refractivity (Wildman–Crippen MR) is 62.4 cm³/mol. The van der Waals surface area contributed by atoms with Crippen molar-refractivity contribution in [2.75, 3.05) is 11.9 Å². The molecule has 15 heavy (non-hydrogen) atoms. The van der Waals surface area contributed by atoms with Crippen molar-refractivity contribution in [2.24, 2.45) is 5.92 Å². The molecule has 0 atom stereocenters. The van der Waals surface area contributed by atoms with Crippen molar-refractivity contribution in [3.63, 3.8) is 0 Å². The maximum absolute atomic E-state index is 6.07. The van der Waals surface area contributed by atoms with Gasteiger partial charge in [0.2, 0.25) is 0 Å². The Bertz CT molecular complexity index is 361. The first-order chi connectivity index (χ1) is 7.20. The molecule has 1 fully saturated rings. The van der Waals surface area contributed by atoms with Gasteiger partial charge < -0.3 is 5.32 Å². The molecule has 1 aliphatic rings. The van der Waals surface area contributed by atoms with Crippen molar-refractivity contribution in [3.05, 3.63) is 16.5 Å². The smallest absolute Gasteiger partial charge is 0.138 e. The van der Waals surface area contributed by atoms with Crippen LogP contribution in [0.25, 0.3) is 0 Å². The summed E-state index contributed by atoms with van der Waals surface area (Å²) in [4.78, 5) is 8.56. The number of anilines is 1. The Kier molecular flexibility index (Phi) is 3.10.